The summed E-state index contributed by atoms with van der Waals surface area (Å²) in [5, 5.41) is 10.5. The maximum absolute atomic E-state index is 11.3. The van der Waals surface area contributed by atoms with Gasteiger partial charge in [-0.15, -0.1) is 0 Å². The molecule has 4 nitrogen and oxygen atoms in total. The Hall–Kier alpha value is -1.88. The van der Waals surface area contributed by atoms with Gasteiger partial charge in [-0.3, -0.25) is 5.73 Å². The summed E-state index contributed by atoms with van der Waals surface area (Å²) in [6.45, 7) is 0. The van der Waals surface area contributed by atoms with Gasteiger partial charge in [0.1, 0.15) is 0 Å². The van der Waals surface area contributed by atoms with Crippen LogP contribution in [-0.4, -0.2) is 23.9 Å². The Balaban J connectivity index is 2.05. The average Bonchev–Trinajstić information content (AvgIpc) is 2.52. The van der Waals surface area contributed by atoms with Gasteiger partial charge in [0, 0.05) is 11.4 Å². The summed E-state index contributed by atoms with van der Waals surface area (Å²) in [5.74, 6) is -0.831. The summed E-state index contributed by atoms with van der Waals surface area (Å²) >= 11 is 5.98. The number of esters is 1. The fourth-order valence-corrected chi connectivity index (χ4v) is 2.34. The third-order valence-electron chi connectivity index (χ3n) is 3.45. The van der Waals surface area contributed by atoms with E-state index in [2.05, 4.69) is 4.74 Å². The van der Waals surface area contributed by atoms with Gasteiger partial charge >= 0.3 is 5.97 Å². The molecule has 0 amide bonds. The number of benzene rings is 2. The minimum absolute atomic E-state index is 0.0934. The molecule has 0 saturated carbocycles. The van der Waals surface area contributed by atoms with Crippen LogP contribution in [0.1, 0.15) is 12.0 Å². The number of hydrogen-bond donors (Lipinski definition) is 2. The molecule has 2 aromatic rings. The van der Waals surface area contributed by atoms with Crippen molar-refractivity contribution in [1.82, 2.24) is 0 Å². The maximum atomic E-state index is 11.3. The molecule has 116 valence electrons. The number of hydrogen-bond acceptors (Lipinski definition) is 4. The standard InChI is InChI=1S/C17H18ClNO3/c1-22-16(20)17(19,21)10-9-12-5-7-13(8-6-12)14-3-2-4-15(18)11-14/h2-8,11,21H,9-10,19H2,1H3. The van der Waals surface area contributed by atoms with Crippen LogP contribution < -0.4 is 5.73 Å². The number of methoxy groups -OCH3 is 1. The minimum atomic E-state index is -1.96. The number of ether oxygens (including phenoxy) is 1. The van der Waals surface area contributed by atoms with E-state index in [1.807, 2.05) is 48.5 Å². The molecule has 22 heavy (non-hydrogen) atoms. The van der Waals surface area contributed by atoms with Crippen molar-refractivity contribution in [2.75, 3.05) is 7.11 Å². The molecule has 0 aliphatic heterocycles. The quantitative estimate of drug-likeness (QED) is 0.656. The van der Waals surface area contributed by atoms with Gasteiger partial charge in [0.25, 0.3) is 0 Å². The Morgan fingerprint density at radius 3 is 2.50 bits per heavy atom. The molecule has 2 aromatic carbocycles. The first-order chi connectivity index (χ1) is 10.4. The van der Waals surface area contributed by atoms with E-state index < -0.39 is 11.7 Å². The highest BCUT2D eigenvalue weighted by Gasteiger charge is 2.31. The van der Waals surface area contributed by atoms with Crippen molar-refractivity contribution in [2.24, 2.45) is 5.73 Å². The Bertz CT molecular complexity index is 653. The largest absolute Gasteiger partial charge is 0.466 e. The number of aryl methyl sites for hydroxylation is 1. The predicted octanol–water partition coefficient (Wildman–Crippen LogP) is 2.76. The summed E-state index contributed by atoms with van der Waals surface area (Å²) in [6, 6.07) is 15.4. The Labute approximate surface area is 134 Å². The lowest BCUT2D eigenvalue weighted by molar-refractivity contribution is -0.162. The second-order valence-corrected chi connectivity index (χ2v) is 5.56. The fourth-order valence-electron chi connectivity index (χ4n) is 2.15. The normalized spacial score (nSPS) is 13.5. The SMILES string of the molecule is COC(=O)C(N)(O)CCc1ccc(-c2cccc(Cl)c2)cc1. The van der Waals surface area contributed by atoms with Crippen molar-refractivity contribution >= 4 is 17.6 Å². The highest BCUT2D eigenvalue weighted by atomic mass is 35.5. The molecule has 0 heterocycles. The summed E-state index contributed by atoms with van der Waals surface area (Å²) in [4.78, 5) is 11.3. The van der Waals surface area contributed by atoms with Crippen LogP contribution >= 0.6 is 11.6 Å². The number of nitrogens with two attached hydrogens (primary N) is 1. The molecule has 1 unspecified atom stereocenters. The summed E-state index contributed by atoms with van der Waals surface area (Å²) < 4.78 is 4.47. The van der Waals surface area contributed by atoms with Gasteiger partial charge in [0.15, 0.2) is 0 Å². The number of aliphatic hydroxyl groups is 1. The molecular weight excluding hydrogens is 302 g/mol. The van der Waals surface area contributed by atoms with Crippen LogP contribution in [0.3, 0.4) is 0 Å². The van der Waals surface area contributed by atoms with E-state index in [1.165, 1.54) is 7.11 Å². The van der Waals surface area contributed by atoms with Gasteiger partial charge in [-0.1, -0.05) is 48.0 Å². The number of halogens is 1. The molecular formula is C17H18ClNO3. The molecule has 2 rings (SSSR count). The van der Waals surface area contributed by atoms with E-state index in [0.29, 0.717) is 11.4 Å². The zero-order valence-corrected chi connectivity index (χ0v) is 13.0. The zero-order chi connectivity index (χ0) is 16.2. The van der Waals surface area contributed by atoms with Crippen molar-refractivity contribution in [3.8, 4) is 11.1 Å². The zero-order valence-electron chi connectivity index (χ0n) is 12.3. The van der Waals surface area contributed by atoms with Crippen molar-refractivity contribution in [2.45, 2.75) is 18.6 Å². The van der Waals surface area contributed by atoms with Crippen molar-refractivity contribution in [1.29, 1.82) is 0 Å². The van der Waals surface area contributed by atoms with Crippen LogP contribution in [0, 0.1) is 0 Å². The van der Waals surface area contributed by atoms with Crippen LogP contribution in [0.25, 0.3) is 11.1 Å². The molecule has 0 bridgehead atoms. The van der Waals surface area contributed by atoms with E-state index in [1.54, 1.807) is 0 Å². The lowest BCUT2D eigenvalue weighted by atomic mass is 9.99. The maximum Gasteiger partial charge on any atom is 0.353 e. The number of carbonyl (C=O) groups is 1. The molecule has 1 atom stereocenters. The van der Waals surface area contributed by atoms with E-state index >= 15 is 0 Å². The molecule has 0 radical (unpaired) electrons. The van der Waals surface area contributed by atoms with Gasteiger partial charge in [-0.25, -0.2) is 4.79 Å². The molecule has 0 aliphatic rings. The Morgan fingerprint density at radius 1 is 1.23 bits per heavy atom. The van der Waals surface area contributed by atoms with Crippen molar-refractivity contribution in [3.05, 3.63) is 59.1 Å². The highest BCUT2D eigenvalue weighted by molar-refractivity contribution is 6.30. The van der Waals surface area contributed by atoms with E-state index in [9.17, 15) is 9.90 Å². The van der Waals surface area contributed by atoms with Gasteiger partial charge in [-0.2, -0.15) is 0 Å². The molecule has 0 aromatic heterocycles. The first-order valence-corrected chi connectivity index (χ1v) is 7.25. The van der Waals surface area contributed by atoms with Gasteiger partial charge in [0.2, 0.25) is 5.72 Å². The molecule has 0 aliphatic carbocycles. The predicted molar refractivity (Wildman–Crippen MR) is 86.4 cm³/mol. The van der Waals surface area contributed by atoms with Crippen LogP contribution in [-0.2, 0) is 16.0 Å². The van der Waals surface area contributed by atoms with Gasteiger partial charge < -0.3 is 9.84 Å². The van der Waals surface area contributed by atoms with Gasteiger partial charge in [-0.05, 0) is 35.2 Å². The Kier molecular flexibility index (Phi) is 5.19. The molecule has 3 N–H and O–H groups in total. The second kappa shape index (κ2) is 6.92. The van der Waals surface area contributed by atoms with Crippen molar-refractivity contribution < 1.29 is 14.6 Å². The molecule has 5 heteroatoms. The summed E-state index contributed by atoms with van der Waals surface area (Å²) in [6.07, 6.45) is 0.564. The minimum Gasteiger partial charge on any atom is -0.466 e. The lowest BCUT2D eigenvalue weighted by Crippen LogP contribution is -2.48. The Morgan fingerprint density at radius 2 is 1.91 bits per heavy atom. The van der Waals surface area contributed by atoms with Crippen LogP contribution in [0.15, 0.2) is 48.5 Å². The van der Waals surface area contributed by atoms with E-state index in [4.69, 9.17) is 17.3 Å². The van der Waals surface area contributed by atoms with E-state index in [0.717, 1.165) is 16.7 Å². The topological polar surface area (TPSA) is 72.5 Å². The molecule has 0 saturated heterocycles. The first-order valence-electron chi connectivity index (χ1n) is 6.87. The molecule has 0 spiro atoms. The summed E-state index contributed by atoms with van der Waals surface area (Å²) in [7, 11) is 1.19. The second-order valence-electron chi connectivity index (χ2n) is 5.12. The third kappa shape index (κ3) is 4.07. The van der Waals surface area contributed by atoms with E-state index in [-0.39, 0.29) is 6.42 Å². The van der Waals surface area contributed by atoms with Gasteiger partial charge in [0.05, 0.1) is 7.11 Å². The van der Waals surface area contributed by atoms with Crippen LogP contribution in [0.5, 0.6) is 0 Å². The third-order valence-corrected chi connectivity index (χ3v) is 3.68. The summed E-state index contributed by atoms with van der Waals surface area (Å²) in [5.41, 5.74) is 6.61. The van der Waals surface area contributed by atoms with Crippen LogP contribution in [0.4, 0.5) is 0 Å². The van der Waals surface area contributed by atoms with Crippen LogP contribution in [0.2, 0.25) is 5.02 Å². The smallest absolute Gasteiger partial charge is 0.353 e. The fraction of sp³-hybridized carbons (Fsp3) is 0.235. The highest BCUT2D eigenvalue weighted by Crippen LogP contribution is 2.23. The molecule has 0 fully saturated rings. The number of rotatable bonds is 5. The lowest BCUT2D eigenvalue weighted by Gasteiger charge is -2.19. The number of carbonyl (C=O) groups excluding carboxylic acids is 1. The monoisotopic (exact) mass is 319 g/mol. The average molecular weight is 320 g/mol. The first kappa shape index (κ1) is 16.5. The van der Waals surface area contributed by atoms with Crippen molar-refractivity contribution in [3.63, 3.8) is 0 Å².